The molecule has 2 aliphatic carbocycles. The molecule has 2 amide bonds. The predicted octanol–water partition coefficient (Wildman–Crippen LogP) is 3.12. The molecule has 130 valence electrons. The SMILES string of the molecule is O=C(Cc1cccs1)NC1CCC2(CCC(=O)N2CC2CC2)CC1. The second-order valence-electron chi connectivity index (χ2n) is 7.77. The van der Waals surface area contributed by atoms with E-state index in [0.717, 1.165) is 55.9 Å². The largest absolute Gasteiger partial charge is 0.353 e. The molecule has 3 aliphatic rings. The highest BCUT2D eigenvalue weighted by molar-refractivity contribution is 7.10. The van der Waals surface area contributed by atoms with Gasteiger partial charge in [-0.2, -0.15) is 0 Å². The molecule has 0 atom stereocenters. The Morgan fingerprint density at radius 1 is 1.25 bits per heavy atom. The Balaban J connectivity index is 1.31. The van der Waals surface area contributed by atoms with Crippen molar-refractivity contribution < 1.29 is 9.59 Å². The summed E-state index contributed by atoms with van der Waals surface area (Å²) < 4.78 is 0. The molecule has 5 heteroatoms. The maximum Gasteiger partial charge on any atom is 0.225 e. The summed E-state index contributed by atoms with van der Waals surface area (Å²) in [5.74, 6) is 1.25. The molecule has 3 fully saturated rings. The Bertz CT molecular complexity index is 601. The van der Waals surface area contributed by atoms with E-state index in [0.29, 0.717) is 12.3 Å². The van der Waals surface area contributed by atoms with Crippen molar-refractivity contribution >= 4 is 23.2 Å². The normalized spacial score (nSPS) is 30.1. The van der Waals surface area contributed by atoms with Crippen LogP contribution in [0.25, 0.3) is 0 Å². The zero-order chi connectivity index (χ0) is 16.6. The third-order valence-electron chi connectivity index (χ3n) is 6.01. The van der Waals surface area contributed by atoms with Gasteiger partial charge in [0.2, 0.25) is 11.8 Å². The van der Waals surface area contributed by atoms with E-state index in [-0.39, 0.29) is 17.5 Å². The third kappa shape index (κ3) is 3.37. The van der Waals surface area contributed by atoms with Gasteiger partial charge in [0, 0.05) is 29.4 Å². The Morgan fingerprint density at radius 2 is 2.04 bits per heavy atom. The number of likely N-dealkylation sites (tertiary alicyclic amines) is 1. The van der Waals surface area contributed by atoms with Crippen LogP contribution in [0, 0.1) is 5.92 Å². The summed E-state index contributed by atoms with van der Waals surface area (Å²) in [5, 5.41) is 5.22. The van der Waals surface area contributed by atoms with Gasteiger partial charge in [-0.15, -0.1) is 11.3 Å². The maximum atomic E-state index is 12.3. The number of amides is 2. The second kappa shape index (κ2) is 6.51. The van der Waals surface area contributed by atoms with Gasteiger partial charge in [0.15, 0.2) is 0 Å². The molecule has 24 heavy (non-hydrogen) atoms. The first kappa shape index (κ1) is 16.1. The fourth-order valence-corrected chi connectivity index (χ4v) is 5.10. The van der Waals surface area contributed by atoms with Crippen LogP contribution in [0.5, 0.6) is 0 Å². The highest BCUT2D eigenvalue weighted by Crippen LogP contribution is 2.44. The standard InChI is InChI=1S/C19H26N2O2S/c22-17(12-16-2-1-11-24-16)20-15-5-8-19(9-6-15)10-7-18(23)21(19)13-14-3-4-14/h1-2,11,14-15H,3-10,12-13H2,(H,20,22). The fourth-order valence-electron chi connectivity index (χ4n) is 4.40. The minimum Gasteiger partial charge on any atom is -0.353 e. The second-order valence-corrected chi connectivity index (χ2v) is 8.80. The molecular formula is C19H26N2O2S. The summed E-state index contributed by atoms with van der Waals surface area (Å²) in [6, 6.07) is 4.28. The van der Waals surface area contributed by atoms with Crippen LogP contribution in [-0.4, -0.2) is 34.8 Å². The van der Waals surface area contributed by atoms with Crippen molar-refractivity contribution in [2.24, 2.45) is 5.92 Å². The molecule has 1 saturated heterocycles. The molecule has 1 N–H and O–H groups in total. The lowest BCUT2D eigenvalue weighted by atomic mass is 9.77. The van der Waals surface area contributed by atoms with Crippen LogP contribution < -0.4 is 5.32 Å². The number of nitrogens with zero attached hydrogens (tertiary/aromatic N) is 1. The Hall–Kier alpha value is -1.36. The van der Waals surface area contributed by atoms with E-state index in [1.165, 1.54) is 12.8 Å². The van der Waals surface area contributed by atoms with Crippen LogP contribution in [0.4, 0.5) is 0 Å². The monoisotopic (exact) mass is 346 g/mol. The van der Waals surface area contributed by atoms with Gasteiger partial charge in [0.1, 0.15) is 0 Å². The molecule has 1 aromatic rings. The number of hydrogen-bond donors (Lipinski definition) is 1. The summed E-state index contributed by atoms with van der Waals surface area (Å²) in [7, 11) is 0. The van der Waals surface area contributed by atoms with E-state index >= 15 is 0 Å². The molecule has 1 spiro atoms. The van der Waals surface area contributed by atoms with Crippen molar-refractivity contribution in [3.05, 3.63) is 22.4 Å². The summed E-state index contributed by atoms with van der Waals surface area (Å²) >= 11 is 1.64. The van der Waals surface area contributed by atoms with Crippen LogP contribution in [0.1, 0.15) is 56.2 Å². The number of nitrogens with one attached hydrogen (secondary N) is 1. The molecule has 0 radical (unpaired) electrons. The first-order chi connectivity index (χ1) is 11.6. The minimum atomic E-state index is 0.106. The van der Waals surface area contributed by atoms with E-state index in [1.807, 2.05) is 17.5 Å². The molecule has 0 unspecified atom stereocenters. The van der Waals surface area contributed by atoms with Crippen molar-refractivity contribution in [1.29, 1.82) is 0 Å². The van der Waals surface area contributed by atoms with Crippen molar-refractivity contribution in [1.82, 2.24) is 10.2 Å². The summed E-state index contributed by atoms with van der Waals surface area (Å²) in [4.78, 5) is 27.8. The highest BCUT2D eigenvalue weighted by atomic mass is 32.1. The number of rotatable bonds is 5. The van der Waals surface area contributed by atoms with E-state index in [9.17, 15) is 9.59 Å². The molecule has 0 aromatic carbocycles. The van der Waals surface area contributed by atoms with Crippen LogP contribution in [0.15, 0.2) is 17.5 Å². The first-order valence-corrected chi connectivity index (χ1v) is 10.1. The van der Waals surface area contributed by atoms with Gasteiger partial charge < -0.3 is 10.2 Å². The van der Waals surface area contributed by atoms with Gasteiger partial charge >= 0.3 is 0 Å². The number of carbonyl (C=O) groups is 2. The van der Waals surface area contributed by atoms with Crippen molar-refractivity contribution in [2.75, 3.05) is 6.54 Å². The Labute approximate surface area is 147 Å². The molecule has 2 heterocycles. The molecular weight excluding hydrogens is 320 g/mol. The molecule has 2 saturated carbocycles. The van der Waals surface area contributed by atoms with Crippen molar-refractivity contribution in [3.8, 4) is 0 Å². The highest BCUT2D eigenvalue weighted by Gasteiger charge is 2.48. The number of thiophene rings is 1. The first-order valence-electron chi connectivity index (χ1n) is 9.27. The van der Waals surface area contributed by atoms with E-state index in [1.54, 1.807) is 11.3 Å². The molecule has 4 rings (SSSR count). The quantitative estimate of drug-likeness (QED) is 0.890. The maximum absolute atomic E-state index is 12.3. The Morgan fingerprint density at radius 3 is 2.71 bits per heavy atom. The summed E-state index contributed by atoms with van der Waals surface area (Å²) in [6.07, 6.45) is 8.94. The average Bonchev–Trinajstić information content (AvgIpc) is 3.17. The molecule has 4 nitrogen and oxygen atoms in total. The van der Waals surface area contributed by atoms with Gasteiger partial charge in [-0.05, 0) is 62.3 Å². The van der Waals surface area contributed by atoms with Crippen molar-refractivity contribution in [2.45, 2.75) is 69.4 Å². The lowest BCUT2D eigenvalue weighted by Gasteiger charge is -2.44. The molecule has 0 bridgehead atoms. The van der Waals surface area contributed by atoms with Gasteiger partial charge in [-0.1, -0.05) is 6.07 Å². The van der Waals surface area contributed by atoms with E-state index in [2.05, 4.69) is 10.2 Å². The lowest BCUT2D eigenvalue weighted by Crippen LogP contribution is -2.52. The smallest absolute Gasteiger partial charge is 0.225 e. The van der Waals surface area contributed by atoms with Gasteiger partial charge in [-0.25, -0.2) is 0 Å². The molecule has 1 aromatic heterocycles. The minimum absolute atomic E-state index is 0.106. The topological polar surface area (TPSA) is 49.4 Å². The summed E-state index contributed by atoms with van der Waals surface area (Å²) in [6.45, 7) is 0.980. The third-order valence-corrected chi connectivity index (χ3v) is 6.89. The molecule has 1 aliphatic heterocycles. The average molecular weight is 346 g/mol. The lowest BCUT2D eigenvalue weighted by molar-refractivity contribution is -0.133. The van der Waals surface area contributed by atoms with E-state index < -0.39 is 0 Å². The van der Waals surface area contributed by atoms with Gasteiger partial charge in [0.05, 0.1) is 6.42 Å². The van der Waals surface area contributed by atoms with Crippen molar-refractivity contribution in [3.63, 3.8) is 0 Å². The number of carbonyl (C=O) groups excluding carboxylic acids is 2. The van der Waals surface area contributed by atoms with Crippen LogP contribution >= 0.6 is 11.3 Å². The predicted molar refractivity (Wildman–Crippen MR) is 94.8 cm³/mol. The fraction of sp³-hybridized carbons (Fsp3) is 0.684. The van der Waals surface area contributed by atoms with Crippen LogP contribution in [0.2, 0.25) is 0 Å². The van der Waals surface area contributed by atoms with Gasteiger partial charge in [-0.3, -0.25) is 9.59 Å². The Kier molecular flexibility index (Phi) is 4.37. The zero-order valence-electron chi connectivity index (χ0n) is 14.1. The number of hydrogen-bond acceptors (Lipinski definition) is 3. The summed E-state index contributed by atoms with van der Waals surface area (Å²) in [5.41, 5.74) is 0.106. The van der Waals surface area contributed by atoms with Gasteiger partial charge in [0.25, 0.3) is 0 Å². The van der Waals surface area contributed by atoms with E-state index in [4.69, 9.17) is 0 Å². The van der Waals surface area contributed by atoms with Crippen LogP contribution in [0.3, 0.4) is 0 Å². The van der Waals surface area contributed by atoms with Crippen LogP contribution in [-0.2, 0) is 16.0 Å². The zero-order valence-corrected chi connectivity index (χ0v) is 14.9.